The second kappa shape index (κ2) is 6.66. The molecule has 22 heavy (non-hydrogen) atoms. The number of hydrogen-bond donors (Lipinski definition) is 1. The fourth-order valence-corrected chi connectivity index (χ4v) is 1.75. The summed E-state index contributed by atoms with van der Waals surface area (Å²) in [7, 11) is 0. The van der Waals surface area contributed by atoms with Gasteiger partial charge in [0.15, 0.2) is 11.9 Å². The van der Waals surface area contributed by atoms with Crippen molar-refractivity contribution >= 4 is 17.3 Å². The van der Waals surface area contributed by atoms with Crippen LogP contribution in [0.1, 0.15) is 6.92 Å². The summed E-state index contributed by atoms with van der Waals surface area (Å²) in [5.74, 6) is -1.21. The second-order valence-corrected chi connectivity index (χ2v) is 4.45. The highest BCUT2D eigenvalue weighted by molar-refractivity contribution is 5.94. The molecule has 0 saturated heterocycles. The van der Waals surface area contributed by atoms with Gasteiger partial charge >= 0.3 is 5.69 Å². The van der Waals surface area contributed by atoms with Crippen LogP contribution < -0.4 is 10.1 Å². The van der Waals surface area contributed by atoms with Gasteiger partial charge in [-0.2, -0.15) is 0 Å². The summed E-state index contributed by atoms with van der Waals surface area (Å²) in [4.78, 5) is 22.3. The molecule has 0 fully saturated rings. The minimum absolute atomic E-state index is 0.0190. The summed E-state index contributed by atoms with van der Waals surface area (Å²) in [5, 5.41) is 13.3. The number of nitro benzene ring substituents is 1. The molecule has 1 atom stereocenters. The molecule has 114 valence electrons. The molecule has 0 aliphatic heterocycles. The zero-order valence-corrected chi connectivity index (χ0v) is 11.7. The van der Waals surface area contributed by atoms with E-state index in [1.54, 1.807) is 12.1 Å². The number of nitro groups is 1. The number of hydrogen-bond acceptors (Lipinski definition) is 4. The van der Waals surface area contributed by atoms with Gasteiger partial charge in [0.1, 0.15) is 5.82 Å². The van der Waals surface area contributed by atoms with Crippen LogP contribution in [0.5, 0.6) is 5.75 Å². The SMILES string of the molecule is C[C@@H](Oc1ccccc1[N+](=O)[O-])C(=O)Nc1ccccc1F. The van der Waals surface area contributed by atoms with E-state index in [2.05, 4.69) is 5.32 Å². The number of nitrogens with zero attached hydrogens (tertiary/aromatic N) is 1. The average molecular weight is 304 g/mol. The number of amides is 1. The first-order valence-corrected chi connectivity index (χ1v) is 6.44. The van der Waals surface area contributed by atoms with E-state index < -0.39 is 22.8 Å². The van der Waals surface area contributed by atoms with Crippen molar-refractivity contribution < 1.29 is 18.8 Å². The molecule has 0 aromatic heterocycles. The molecule has 0 aliphatic carbocycles. The summed E-state index contributed by atoms with van der Waals surface area (Å²) in [5.41, 5.74) is -0.224. The van der Waals surface area contributed by atoms with Crippen LogP contribution in [0.2, 0.25) is 0 Å². The highest BCUT2D eigenvalue weighted by atomic mass is 19.1. The maximum Gasteiger partial charge on any atom is 0.310 e. The van der Waals surface area contributed by atoms with Gasteiger partial charge in [0.2, 0.25) is 0 Å². The molecule has 0 saturated carbocycles. The van der Waals surface area contributed by atoms with Crippen molar-refractivity contribution in [2.24, 2.45) is 0 Å². The smallest absolute Gasteiger partial charge is 0.310 e. The Bertz CT molecular complexity index is 705. The quantitative estimate of drug-likeness (QED) is 0.679. The van der Waals surface area contributed by atoms with E-state index in [1.165, 1.54) is 43.3 Å². The van der Waals surface area contributed by atoms with Gasteiger partial charge in [-0.1, -0.05) is 24.3 Å². The van der Waals surface area contributed by atoms with Crippen molar-refractivity contribution in [3.8, 4) is 5.75 Å². The number of benzene rings is 2. The lowest BCUT2D eigenvalue weighted by atomic mass is 10.2. The van der Waals surface area contributed by atoms with Gasteiger partial charge in [0, 0.05) is 6.07 Å². The lowest BCUT2D eigenvalue weighted by molar-refractivity contribution is -0.386. The fraction of sp³-hybridized carbons (Fsp3) is 0.133. The number of anilines is 1. The van der Waals surface area contributed by atoms with Crippen LogP contribution in [0.15, 0.2) is 48.5 Å². The van der Waals surface area contributed by atoms with E-state index in [0.29, 0.717) is 0 Å². The van der Waals surface area contributed by atoms with Crippen molar-refractivity contribution in [3.63, 3.8) is 0 Å². The van der Waals surface area contributed by atoms with Crippen LogP contribution in [0.3, 0.4) is 0 Å². The summed E-state index contributed by atoms with van der Waals surface area (Å²) in [6.07, 6.45) is -1.03. The zero-order valence-electron chi connectivity index (χ0n) is 11.7. The van der Waals surface area contributed by atoms with Gasteiger partial charge in [-0.05, 0) is 25.1 Å². The van der Waals surface area contributed by atoms with Crippen molar-refractivity contribution in [2.45, 2.75) is 13.0 Å². The second-order valence-electron chi connectivity index (χ2n) is 4.45. The van der Waals surface area contributed by atoms with Gasteiger partial charge in [-0.25, -0.2) is 4.39 Å². The zero-order chi connectivity index (χ0) is 16.1. The Kier molecular flexibility index (Phi) is 4.67. The van der Waals surface area contributed by atoms with E-state index in [-0.39, 0.29) is 17.1 Å². The van der Waals surface area contributed by atoms with Crippen LogP contribution in [-0.2, 0) is 4.79 Å². The largest absolute Gasteiger partial charge is 0.474 e. The Morgan fingerprint density at radius 1 is 1.23 bits per heavy atom. The molecule has 0 heterocycles. The molecule has 0 radical (unpaired) electrons. The lowest BCUT2D eigenvalue weighted by Crippen LogP contribution is -2.30. The van der Waals surface area contributed by atoms with E-state index in [9.17, 15) is 19.3 Å². The molecule has 6 nitrogen and oxygen atoms in total. The molecule has 0 unspecified atom stereocenters. The predicted molar refractivity (Wildman–Crippen MR) is 78.2 cm³/mol. The predicted octanol–water partition coefficient (Wildman–Crippen LogP) is 3.14. The standard InChI is InChI=1S/C15H13FN2O4/c1-10(15(19)17-12-7-3-2-6-11(12)16)22-14-9-5-4-8-13(14)18(20)21/h2-10H,1H3,(H,17,19)/t10-/m1/s1. The van der Waals surface area contributed by atoms with Crippen LogP contribution >= 0.6 is 0 Å². The number of halogens is 1. The Balaban J connectivity index is 2.09. The number of para-hydroxylation sites is 3. The highest BCUT2D eigenvalue weighted by Gasteiger charge is 2.21. The van der Waals surface area contributed by atoms with Gasteiger partial charge in [0.05, 0.1) is 10.6 Å². The Morgan fingerprint density at radius 3 is 2.55 bits per heavy atom. The van der Waals surface area contributed by atoms with E-state index in [0.717, 1.165) is 0 Å². The third-order valence-corrected chi connectivity index (χ3v) is 2.87. The van der Waals surface area contributed by atoms with Crippen molar-refractivity contribution in [1.82, 2.24) is 0 Å². The van der Waals surface area contributed by atoms with Crippen LogP contribution in [0.4, 0.5) is 15.8 Å². The number of carbonyl (C=O) groups is 1. The third kappa shape index (κ3) is 3.57. The lowest BCUT2D eigenvalue weighted by Gasteiger charge is -2.15. The number of ether oxygens (including phenoxy) is 1. The maximum atomic E-state index is 13.5. The number of rotatable bonds is 5. The van der Waals surface area contributed by atoms with E-state index in [4.69, 9.17) is 4.74 Å². The molecule has 1 amide bonds. The monoisotopic (exact) mass is 304 g/mol. The molecule has 2 rings (SSSR count). The first kappa shape index (κ1) is 15.4. The summed E-state index contributed by atoms with van der Waals surface area (Å²) < 4.78 is 18.8. The molecule has 7 heteroatoms. The topological polar surface area (TPSA) is 81.5 Å². The molecule has 0 bridgehead atoms. The minimum atomic E-state index is -1.03. The summed E-state index contributed by atoms with van der Waals surface area (Å²) >= 11 is 0. The molecular formula is C15H13FN2O4. The highest BCUT2D eigenvalue weighted by Crippen LogP contribution is 2.27. The van der Waals surface area contributed by atoms with Crippen LogP contribution in [0.25, 0.3) is 0 Å². The minimum Gasteiger partial charge on any atom is -0.474 e. The summed E-state index contributed by atoms with van der Waals surface area (Å²) in [6.45, 7) is 1.42. The molecular weight excluding hydrogens is 291 g/mol. The fourth-order valence-electron chi connectivity index (χ4n) is 1.75. The first-order valence-electron chi connectivity index (χ1n) is 6.44. The Hall–Kier alpha value is -2.96. The molecule has 0 spiro atoms. The normalized spacial score (nSPS) is 11.5. The number of carbonyl (C=O) groups excluding carboxylic acids is 1. The van der Waals surface area contributed by atoms with Crippen molar-refractivity contribution in [2.75, 3.05) is 5.32 Å². The third-order valence-electron chi connectivity index (χ3n) is 2.87. The summed E-state index contributed by atoms with van der Waals surface area (Å²) in [6, 6.07) is 11.4. The van der Waals surface area contributed by atoms with Crippen LogP contribution in [-0.4, -0.2) is 16.9 Å². The van der Waals surface area contributed by atoms with Crippen LogP contribution in [0, 0.1) is 15.9 Å². The average Bonchev–Trinajstić information content (AvgIpc) is 2.49. The Morgan fingerprint density at radius 2 is 1.86 bits per heavy atom. The van der Waals surface area contributed by atoms with Gasteiger partial charge in [-0.3, -0.25) is 14.9 Å². The van der Waals surface area contributed by atoms with E-state index >= 15 is 0 Å². The van der Waals surface area contributed by atoms with E-state index in [1.807, 2.05) is 0 Å². The maximum absolute atomic E-state index is 13.5. The first-order chi connectivity index (χ1) is 10.5. The number of nitrogens with one attached hydrogen (secondary N) is 1. The van der Waals surface area contributed by atoms with Gasteiger partial charge < -0.3 is 10.1 Å². The van der Waals surface area contributed by atoms with Gasteiger partial charge in [0.25, 0.3) is 5.91 Å². The van der Waals surface area contributed by atoms with Crippen molar-refractivity contribution in [3.05, 3.63) is 64.5 Å². The Labute approximate surface area is 125 Å². The van der Waals surface area contributed by atoms with Crippen molar-refractivity contribution in [1.29, 1.82) is 0 Å². The molecule has 2 aromatic rings. The molecule has 1 N–H and O–H groups in total. The molecule has 2 aromatic carbocycles. The van der Waals surface area contributed by atoms with Gasteiger partial charge in [-0.15, -0.1) is 0 Å². The molecule has 0 aliphatic rings.